The second kappa shape index (κ2) is 4.40. The molecule has 5 nitrogen and oxygen atoms in total. The SMILES string of the molecule is Cc1cnn(C2CCN(c3ccnc(C)n3)C2)c1. The highest BCUT2D eigenvalue weighted by atomic mass is 15.3. The molecule has 0 spiro atoms. The Bertz CT molecular complexity index is 548. The van der Waals surface area contributed by atoms with Gasteiger partial charge >= 0.3 is 0 Å². The molecule has 3 heterocycles. The number of rotatable bonds is 2. The summed E-state index contributed by atoms with van der Waals surface area (Å²) >= 11 is 0. The maximum absolute atomic E-state index is 4.47. The van der Waals surface area contributed by atoms with Crippen LogP contribution in [0.4, 0.5) is 5.82 Å². The normalized spacial score (nSPS) is 19.4. The van der Waals surface area contributed by atoms with Crippen molar-refractivity contribution in [3.05, 3.63) is 36.0 Å². The summed E-state index contributed by atoms with van der Waals surface area (Å²) in [7, 11) is 0. The zero-order valence-corrected chi connectivity index (χ0v) is 10.7. The van der Waals surface area contributed by atoms with Gasteiger partial charge in [-0.1, -0.05) is 0 Å². The Labute approximate surface area is 106 Å². The Kier molecular flexibility index (Phi) is 2.74. The largest absolute Gasteiger partial charge is 0.354 e. The van der Waals surface area contributed by atoms with Crippen molar-refractivity contribution in [1.29, 1.82) is 0 Å². The zero-order valence-electron chi connectivity index (χ0n) is 10.7. The van der Waals surface area contributed by atoms with Gasteiger partial charge in [0.1, 0.15) is 11.6 Å². The number of anilines is 1. The number of hydrogen-bond donors (Lipinski definition) is 0. The van der Waals surface area contributed by atoms with Crippen LogP contribution in [0, 0.1) is 13.8 Å². The quantitative estimate of drug-likeness (QED) is 0.806. The summed E-state index contributed by atoms with van der Waals surface area (Å²) < 4.78 is 2.07. The Hall–Kier alpha value is -1.91. The highest BCUT2D eigenvalue weighted by Gasteiger charge is 2.25. The summed E-state index contributed by atoms with van der Waals surface area (Å²) in [6.45, 7) is 6.00. The van der Waals surface area contributed by atoms with Gasteiger partial charge in [0.15, 0.2) is 0 Å². The van der Waals surface area contributed by atoms with Crippen LogP contribution in [0.3, 0.4) is 0 Å². The third kappa shape index (κ3) is 2.08. The van der Waals surface area contributed by atoms with Crippen LogP contribution in [0.15, 0.2) is 24.7 Å². The van der Waals surface area contributed by atoms with Gasteiger partial charge in [0.25, 0.3) is 0 Å². The molecule has 1 aliphatic heterocycles. The van der Waals surface area contributed by atoms with Crippen molar-refractivity contribution in [2.45, 2.75) is 26.3 Å². The molecule has 94 valence electrons. The molecule has 1 saturated heterocycles. The Morgan fingerprint density at radius 3 is 2.94 bits per heavy atom. The Morgan fingerprint density at radius 2 is 2.22 bits per heavy atom. The van der Waals surface area contributed by atoms with Crippen LogP contribution in [0.5, 0.6) is 0 Å². The van der Waals surface area contributed by atoms with Gasteiger partial charge in [0.05, 0.1) is 12.2 Å². The predicted molar refractivity (Wildman–Crippen MR) is 69.6 cm³/mol. The topological polar surface area (TPSA) is 46.8 Å². The lowest BCUT2D eigenvalue weighted by atomic mass is 10.3. The molecular formula is C13H17N5. The van der Waals surface area contributed by atoms with Crippen LogP contribution in [-0.4, -0.2) is 32.8 Å². The van der Waals surface area contributed by atoms with E-state index in [1.807, 2.05) is 25.4 Å². The highest BCUT2D eigenvalue weighted by Crippen LogP contribution is 2.25. The van der Waals surface area contributed by atoms with Gasteiger partial charge in [-0.3, -0.25) is 4.68 Å². The van der Waals surface area contributed by atoms with Gasteiger partial charge in [-0.2, -0.15) is 5.10 Å². The second-order valence-electron chi connectivity index (χ2n) is 4.85. The maximum Gasteiger partial charge on any atom is 0.132 e. The van der Waals surface area contributed by atoms with Crippen molar-refractivity contribution in [3.8, 4) is 0 Å². The third-order valence-corrected chi connectivity index (χ3v) is 3.35. The first-order chi connectivity index (χ1) is 8.72. The maximum atomic E-state index is 4.47. The van der Waals surface area contributed by atoms with E-state index >= 15 is 0 Å². The molecule has 2 aromatic rings. The molecule has 2 aromatic heterocycles. The molecule has 1 atom stereocenters. The molecule has 0 bridgehead atoms. The minimum atomic E-state index is 0.453. The van der Waals surface area contributed by atoms with Crippen molar-refractivity contribution in [1.82, 2.24) is 19.7 Å². The lowest BCUT2D eigenvalue weighted by molar-refractivity contribution is 0.494. The number of hydrogen-bond acceptors (Lipinski definition) is 4. The molecule has 0 N–H and O–H groups in total. The van der Waals surface area contributed by atoms with E-state index < -0.39 is 0 Å². The lowest BCUT2D eigenvalue weighted by Gasteiger charge is -2.17. The monoisotopic (exact) mass is 243 g/mol. The number of aromatic nitrogens is 4. The van der Waals surface area contributed by atoms with E-state index in [1.165, 1.54) is 5.56 Å². The van der Waals surface area contributed by atoms with Crippen LogP contribution in [0.25, 0.3) is 0 Å². The molecule has 0 aromatic carbocycles. The molecule has 18 heavy (non-hydrogen) atoms. The fraction of sp³-hybridized carbons (Fsp3) is 0.462. The Morgan fingerprint density at radius 1 is 1.33 bits per heavy atom. The molecule has 0 radical (unpaired) electrons. The Balaban J connectivity index is 1.75. The van der Waals surface area contributed by atoms with Crippen LogP contribution in [-0.2, 0) is 0 Å². The van der Waals surface area contributed by atoms with Gasteiger partial charge in [0.2, 0.25) is 0 Å². The lowest BCUT2D eigenvalue weighted by Crippen LogP contribution is -2.22. The summed E-state index contributed by atoms with van der Waals surface area (Å²) in [5.74, 6) is 1.85. The van der Waals surface area contributed by atoms with E-state index in [2.05, 4.69) is 37.8 Å². The summed E-state index contributed by atoms with van der Waals surface area (Å²) in [4.78, 5) is 10.9. The minimum absolute atomic E-state index is 0.453. The van der Waals surface area contributed by atoms with Crippen molar-refractivity contribution in [2.75, 3.05) is 18.0 Å². The van der Waals surface area contributed by atoms with E-state index in [0.29, 0.717) is 6.04 Å². The fourth-order valence-corrected chi connectivity index (χ4v) is 2.42. The van der Waals surface area contributed by atoms with E-state index in [9.17, 15) is 0 Å². The molecule has 0 amide bonds. The van der Waals surface area contributed by atoms with Crippen molar-refractivity contribution < 1.29 is 0 Å². The first kappa shape index (κ1) is 11.2. The molecule has 3 rings (SSSR count). The highest BCUT2D eigenvalue weighted by molar-refractivity contribution is 5.38. The van der Waals surface area contributed by atoms with Crippen molar-refractivity contribution in [2.24, 2.45) is 0 Å². The van der Waals surface area contributed by atoms with Crippen molar-refractivity contribution in [3.63, 3.8) is 0 Å². The van der Waals surface area contributed by atoms with Gasteiger partial charge in [-0.25, -0.2) is 9.97 Å². The van der Waals surface area contributed by atoms with E-state index in [4.69, 9.17) is 0 Å². The van der Waals surface area contributed by atoms with Crippen LogP contribution >= 0.6 is 0 Å². The molecule has 1 fully saturated rings. The first-order valence-electron chi connectivity index (χ1n) is 6.28. The van der Waals surface area contributed by atoms with Crippen LogP contribution < -0.4 is 4.90 Å². The van der Waals surface area contributed by atoms with Crippen LogP contribution in [0.2, 0.25) is 0 Å². The molecular weight excluding hydrogens is 226 g/mol. The van der Waals surface area contributed by atoms with Crippen LogP contribution in [0.1, 0.15) is 23.9 Å². The van der Waals surface area contributed by atoms with E-state index in [0.717, 1.165) is 31.2 Å². The summed E-state index contributed by atoms with van der Waals surface area (Å²) in [6, 6.07) is 2.43. The molecule has 1 aliphatic rings. The van der Waals surface area contributed by atoms with E-state index in [-0.39, 0.29) is 0 Å². The number of nitrogens with zero attached hydrogens (tertiary/aromatic N) is 5. The standard InChI is InChI=1S/C13H17N5/c1-10-7-15-18(8-10)12-4-6-17(9-12)13-3-5-14-11(2)16-13/h3,5,7-8,12H,4,6,9H2,1-2H3. The van der Waals surface area contributed by atoms with Gasteiger partial charge in [-0.05, 0) is 31.9 Å². The summed E-state index contributed by atoms with van der Waals surface area (Å²) in [6.07, 6.45) is 6.96. The van der Waals surface area contributed by atoms with Gasteiger partial charge in [-0.15, -0.1) is 0 Å². The molecule has 0 saturated carbocycles. The van der Waals surface area contributed by atoms with Crippen molar-refractivity contribution >= 4 is 5.82 Å². The average molecular weight is 243 g/mol. The molecule has 1 unspecified atom stereocenters. The fourth-order valence-electron chi connectivity index (χ4n) is 2.42. The van der Waals surface area contributed by atoms with Gasteiger partial charge in [0, 0.05) is 25.5 Å². The minimum Gasteiger partial charge on any atom is -0.354 e. The molecule has 0 aliphatic carbocycles. The summed E-state index contributed by atoms with van der Waals surface area (Å²) in [5, 5.41) is 4.40. The van der Waals surface area contributed by atoms with E-state index in [1.54, 1.807) is 0 Å². The average Bonchev–Trinajstić information content (AvgIpc) is 2.97. The smallest absolute Gasteiger partial charge is 0.132 e. The van der Waals surface area contributed by atoms with Gasteiger partial charge < -0.3 is 4.90 Å². The summed E-state index contributed by atoms with van der Waals surface area (Å²) in [5.41, 5.74) is 1.21. The first-order valence-corrected chi connectivity index (χ1v) is 6.28. The predicted octanol–water partition coefficient (Wildman–Crippen LogP) is 1.74. The zero-order chi connectivity index (χ0) is 12.5. The number of aryl methyl sites for hydroxylation is 2. The second-order valence-corrected chi connectivity index (χ2v) is 4.85. The molecule has 5 heteroatoms. The third-order valence-electron chi connectivity index (χ3n) is 3.35.